The number of ether oxygens (including phenoxy) is 1. The van der Waals surface area contributed by atoms with Crippen molar-refractivity contribution in [2.75, 3.05) is 13.6 Å². The van der Waals surface area contributed by atoms with Gasteiger partial charge in [-0.25, -0.2) is 0 Å². The van der Waals surface area contributed by atoms with E-state index in [0.29, 0.717) is 6.61 Å². The van der Waals surface area contributed by atoms with Gasteiger partial charge in [0.1, 0.15) is 0 Å². The Balaban J connectivity index is 2.72. The zero-order chi connectivity index (χ0) is 12.8. The summed E-state index contributed by atoms with van der Waals surface area (Å²) in [4.78, 5) is 0. The molecule has 1 aromatic rings. The highest BCUT2D eigenvalue weighted by Gasteiger charge is 2.14. The molecule has 0 saturated carbocycles. The van der Waals surface area contributed by atoms with Gasteiger partial charge in [-0.3, -0.25) is 4.68 Å². The number of nitrogens with one attached hydrogen (secondary N) is 1. The van der Waals surface area contributed by atoms with Gasteiger partial charge >= 0.3 is 0 Å². The van der Waals surface area contributed by atoms with Crippen LogP contribution >= 0.6 is 15.9 Å². The number of aromatic nitrogens is 2. The Morgan fingerprint density at radius 3 is 2.71 bits per heavy atom. The van der Waals surface area contributed by atoms with E-state index in [0.717, 1.165) is 35.4 Å². The lowest BCUT2D eigenvalue weighted by Gasteiger charge is -2.13. The van der Waals surface area contributed by atoms with Crippen LogP contribution in [0.25, 0.3) is 0 Å². The van der Waals surface area contributed by atoms with Gasteiger partial charge in [0, 0.05) is 13.1 Å². The average Bonchev–Trinajstić information content (AvgIpc) is 2.63. The summed E-state index contributed by atoms with van der Waals surface area (Å²) in [7, 11) is 1.93. The molecule has 0 fully saturated rings. The quantitative estimate of drug-likeness (QED) is 0.840. The van der Waals surface area contributed by atoms with Crippen LogP contribution < -0.4 is 5.32 Å². The number of aryl methyl sites for hydroxylation is 2. The first-order chi connectivity index (χ1) is 8.13. The van der Waals surface area contributed by atoms with Crippen molar-refractivity contribution in [3.63, 3.8) is 0 Å². The monoisotopic (exact) mass is 303 g/mol. The predicted molar refractivity (Wildman–Crippen MR) is 73.2 cm³/mol. The van der Waals surface area contributed by atoms with E-state index in [9.17, 15) is 0 Å². The van der Waals surface area contributed by atoms with E-state index in [1.54, 1.807) is 0 Å². The van der Waals surface area contributed by atoms with Gasteiger partial charge in [0.15, 0.2) is 0 Å². The van der Waals surface area contributed by atoms with Crippen LogP contribution in [0.4, 0.5) is 0 Å². The maximum absolute atomic E-state index is 5.80. The van der Waals surface area contributed by atoms with Crippen LogP contribution in [-0.2, 0) is 24.3 Å². The van der Waals surface area contributed by atoms with Crippen LogP contribution in [-0.4, -0.2) is 29.5 Å². The van der Waals surface area contributed by atoms with E-state index in [4.69, 9.17) is 4.74 Å². The molecule has 0 spiro atoms. The molecule has 1 rings (SSSR count). The minimum absolute atomic E-state index is 0.206. The van der Waals surface area contributed by atoms with Crippen LogP contribution in [0.3, 0.4) is 0 Å². The van der Waals surface area contributed by atoms with Crippen LogP contribution in [0.15, 0.2) is 4.47 Å². The number of hydrogen-bond donors (Lipinski definition) is 1. The van der Waals surface area contributed by atoms with E-state index < -0.39 is 0 Å². The first-order valence-electron chi connectivity index (χ1n) is 6.14. The Morgan fingerprint density at radius 1 is 1.47 bits per heavy atom. The second kappa shape index (κ2) is 7.13. The second-order valence-corrected chi connectivity index (χ2v) is 4.85. The highest BCUT2D eigenvalue weighted by molar-refractivity contribution is 9.10. The molecular formula is C12H22BrN3O. The van der Waals surface area contributed by atoms with E-state index in [1.807, 2.05) is 11.7 Å². The molecule has 0 bridgehead atoms. The van der Waals surface area contributed by atoms with Gasteiger partial charge in [0.05, 0.1) is 28.6 Å². The van der Waals surface area contributed by atoms with Crippen molar-refractivity contribution in [3.8, 4) is 0 Å². The normalized spacial score (nSPS) is 13.0. The van der Waals surface area contributed by atoms with E-state index in [2.05, 4.69) is 47.1 Å². The molecule has 0 amide bonds. The van der Waals surface area contributed by atoms with Crippen molar-refractivity contribution < 1.29 is 4.74 Å². The van der Waals surface area contributed by atoms with Crippen molar-refractivity contribution in [3.05, 3.63) is 15.9 Å². The summed E-state index contributed by atoms with van der Waals surface area (Å²) in [5.41, 5.74) is 2.24. The third-order valence-electron chi connectivity index (χ3n) is 2.69. The van der Waals surface area contributed by atoms with E-state index in [1.165, 1.54) is 0 Å². The number of halogens is 1. The summed E-state index contributed by atoms with van der Waals surface area (Å²) in [6.07, 6.45) is 1.14. The van der Waals surface area contributed by atoms with Gasteiger partial charge in [0.2, 0.25) is 0 Å². The summed E-state index contributed by atoms with van der Waals surface area (Å²) in [5, 5.41) is 7.65. The molecule has 0 aliphatic heterocycles. The molecule has 98 valence electrons. The summed E-state index contributed by atoms with van der Waals surface area (Å²) in [6.45, 7) is 8.61. The first-order valence-corrected chi connectivity index (χ1v) is 6.93. The molecule has 1 heterocycles. The van der Waals surface area contributed by atoms with Crippen molar-refractivity contribution in [1.82, 2.24) is 15.1 Å². The van der Waals surface area contributed by atoms with Gasteiger partial charge in [-0.05, 0) is 43.2 Å². The van der Waals surface area contributed by atoms with Gasteiger partial charge in [-0.2, -0.15) is 5.10 Å². The Hall–Kier alpha value is -0.390. The summed E-state index contributed by atoms with van der Waals surface area (Å²) in [6, 6.07) is 0. The zero-order valence-electron chi connectivity index (χ0n) is 11.1. The molecule has 5 heteroatoms. The molecule has 17 heavy (non-hydrogen) atoms. The van der Waals surface area contributed by atoms with Gasteiger partial charge in [-0.15, -0.1) is 0 Å². The van der Waals surface area contributed by atoms with Crippen LogP contribution in [0.1, 0.15) is 32.2 Å². The lowest BCUT2D eigenvalue weighted by molar-refractivity contribution is 0.0500. The van der Waals surface area contributed by atoms with Crippen molar-refractivity contribution in [2.45, 2.75) is 46.4 Å². The third kappa shape index (κ3) is 3.79. The van der Waals surface area contributed by atoms with Crippen molar-refractivity contribution in [2.24, 2.45) is 0 Å². The SMILES string of the molecule is CCc1nn(CC)c(COC(C)CNC)c1Br. The minimum Gasteiger partial charge on any atom is -0.371 e. The molecule has 4 nitrogen and oxygen atoms in total. The topological polar surface area (TPSA) is 39.1 Å². The molecule has 1 atom stereocenters. The summed E-state index contributed by atoms with van der Waals surface area (Å²) in [5.74, 6) is 0. The standard InChI is InChI=1S/C12H22BrN3O/c1-5-10-12(13)11(16(6-2)15-10)8-17-9(3)7-14-4/h9,14H,5-8H2,1-4H3. The highest BCUT2D eigenvalue weighted by Crippen LogP contribution is 2.23. The largest absolute Gasteiger partial charge is 0.371 e. The molecule has 1 N–H and O–H groups in total. The number of hydrogen-bond acceptors (Lipinski definition) is 3. The predicted octanol–water partition coefficient (Wildman–Crippen LogP) is 2.35. The average molecular weight is 304 g/mol. The fraction of sp³-hybridized carbons (Fsp3) is 0.750. The Labute approximate surface area is 112 Å². The Bertz CT molecular complexity index is 352. The fourth-order valence-electron chi connectivity index (χ4n) is 1.72. The molecular weight excluding hydrogens is 282 g/mol. The van der Waals surface area contributed by atoms with E-state index >= 15 is 0 Å². The summed E-state index contributed by atoms with van der Waals surface area (Å²) < 4.78 is 8.90. The van der Waals surface area contributed by atoms with Crippen LogP contribution in [0, 0.1) is 0 Å². The fourth-order valence-corrected chi connectivity index (χ4v) is 2.40. The minimum atomic E-state index is 0.206. The van der Waals surface area contributed by atoms with E-state index in [-0.39, 0.29) is 6.10 Å². The molecule has 0 aromatic carbocycles. The molecule has 0 saturated heterocycles. The van der Waals surface area contributed by atoms with Crippen LogP contribution in [0.5, 0.6) is 0 Å². The smallest absolute Gasteiger partial charge is 0.0900 e. The summed E-state index contributed by atoms with van der Waals surface area (Å²) >= 11 is 3.61. The van der Waals surface area contributed by atoms with Crippen LogP contribution in [0.2, 0.25) is 0 Å². The van der Waals surface area contributed by atoms with Crippen molar-refractivity contribution >= 4 is 15.9 Å². The van der Waals surface area contributed by atoms with Gasteiger partial charge < -0.3 is 10.1 Å². The number of likely N-dealkylation sites (N-methyl/N-ethyl adjacent to an activating group) is 1. The van der Waals surface area contributed by atoms with Crippen molar-refractivity contribution in [1.29, 1.82) is 0 Å². The lowest BCUT2D eigenvalue weighted by Crippen LogP contribution is -2.24. The van der Waals surface area contributed by atoms with Gasteiger partial charge in [0.25, 0.3) is 0 Å². The zero-order valence-corrected chi connectivity index (χ0v) is 12.7. The Morgan fingerprint density at radius 2 is 2.18 bits per heavy atom. The Kier molecular flexibility index (Phi) is 6.16. The van der Waals surface area contributed by atoms with Gasteiger partial charge in [-0.1, -0.05) is 6.92 Å². The molecule has 1 unspecified atom stereocenters. The molecule has 1 aromatic heterocycles. The lowest BCUT2D eigenvalue weighted by atomic mass is 10.3. The molecule has 0 aliphatic rings. The number of rotatable bonds is 7. The molecule has 0 radical (unpaired) electrons. The maximum Gasteiger partial charge on any atom is 0.0900 e. The third-order valence-corrected chi connectivity index (χ3v) is 3.61. The second-order valence-electron chi connectivity index (χ2n) is 4.06. The molecule has 0 aliphatic carbocycles. The number of nitrogens with zero attached hydrogens (tertiary/aromatic N) is 2. The highest BCUT2D eigenvalue weighted by atomic mass is 79.9. The first kappa shape index (κ1) is 14.7. The maximum atomic E-state index is 5.80.